The third-order valence-electron chi connectivity index (χ3n) is 6.02. The number of rotatable bonds is 6. The van der Waals surface area contributed by atoms with Crippen LogP contribution < -0.4 is 5.32 Å². The maximum absolute atomic E-state index is 13.1. The lowest BCUT2D eigenvalue weighted by Gasteiger charge is -2.37. The van der Waals surface area contributed by atoms with Gasteiger partial charge in [-0.05, 0) is 29.9 Å². The minimum absolute atomic E-state index is 0.0377. The summed E-state index contributed by atoms with van der Waals surface area (Å²) in [5.74, 6) is -0.446. The lowest BCUT2D eigenvalue weighted by Crippen LogP contribution is -2.44. The minimum atomic E-state index is -3.50. The molecular weight excluding hydrogens is 408 g/mol. The van der Waals surface area contributed by atoms with Crippen molar-refractivity contribution in [2.75, 3.05) is 26.3 Å². The molecule has 1 N–H and O–H groups in total. The van der Waals surface area contributed by atoms with Crippen molar-refractivity contribution < 1.29 is 17.9 Å². The van der Waals surface area contributed by atoms with Gasteiger partial charge in [-0.2, -0.15) is 0 Å². The third-order valence-corrected chi connectivity index (χ3v) is 8.66. The number of hydrogen-bond acceptors (Lipinski definition) is 5. The number of nitrogens with one attached hydrogen (secondary N) is 1. The van der Waals surface area contributed by atoms with E-state index >= 15 is 0 Å². The molecule has 1 atom stereocenters. The number of thiophene rings is 1. The molecule has 1 spiro atoms. The smallest absolute Gasteiger partial charge is 0.225 e. The van der Waals surface area contributed by atoms with E-state index in [0.29, 0.717) is 39.1 Å². The van der Waals surface area contributed by atoms with Gasteiger partial charge < -0.3 is 10.1 Å². The van der Waals surface area contributed by atoms with Gasteiger partial charge in [-0.3, -0.25) is 4.79 Å². The van der Waals surface area contributed by atoms with Crippen molar-refractivity contribution in [1.82, 2.24) is 9.62 Å². The summed E-state index contributed by atoms with van der Waals surface area (Å²) in [5, 5.41) is 5.01. The molecule has 2 aliphatic rings. The Hall–Kier alpha value is -1.74. The topological polar surface area (TPSA) is 75.7 Å². The van der Waals surface area contributed by atoms with E-state index in [-0.39, 0.29) is 29.5 Å². The molecule has 0 unspecified atom stereocenters. The second-order valence-corrected chi connectivity index (χ2v) is 10.9. The second-order valence-electron chi connectivity index (χ2n) is 7.86. The SMILES string of the molecule is O=C(NCc1cccs1)[C@H]1CN(S(=O)(=O)Cc2ccccc2)CC12CCOCC2. The van der Waals surface area contributed by atoms with E-state index in [1.807, 2.05) is 47.8 Å². The molecule has 2 aliphatic heterocycles. The first-order valence-electron chi connectivity index (χ1n) is 9.88. The first-order valence-corrected chi connectivity index (χ1v) is 12.4. The molecule has 4 rings (SSSR count). The minimum Gasteiger partial charge on any atom is -0.381 e. The van der Waals surface area contributed by atoms with Crippen molar-refractivity contribution in [3.63, 3.8) is 0 Å². The van der Waals surface area contributed by atoms with Gasteiger partial charge in [0.1, 0.15) is 0 Å². The van der Waals surface area contributed by atoms with Crippen molar-refractivity contribution >= 4 is 27.3 Å². The Kier molecular flexibility index (Phi) is 6.06. The molecule has 2 saturated heterocycles. The summed E-state index contributed by atoms with van der Waals surface area (Å²) in [6, 6.07) is 13.1. The van der Waals surface area contributed by atoms with Crippen molar-refractivity contribution in [2.45, 2.75) is 25.1 Å². The van der Waals surface area contributed by atoms with E-state index in [1.54, 1.807) is 11.3 Å². The first kappa shape index (κ1) is 20.5. The number of ether oxygens (including phenoxy) is 1. The van der Waals surface area contributed by atoms with Crippen LogP contribution in [-0.2, 0) is 31.9 Å². The van der Waals surface area contributed by atoms with Crippen LogP contribution in [0.5, 0.6) is 0 Å². The van der Waals surface area contributed by atoms with Crippen molar-refractivity contribution in [3.05, 3.63) is 58.3 Å². The molecule has 6 nitrogen and oxygen atoms in total. The maximum Gasteiger partial charge on any atom is 0.225 e. The molecule has 3 heterocycles. The van der Waals surface area contributed by atoms with Gasteiger partial charge in [-0.25, -0.2) is 12.7 Å². The summed E-state index contributed by atoms with van der Waals surface area (Å²) in [6.45, 7) is 2.26. The number of nitrogens with zero attached hydrogens (tertiary/aromatic N) is 1. The van der Waals surface area contributed by atoms with Crippen LogP contribution in [0.25, 0.3) is 0 Å². The largest absolute Gasteiger partial charge is 0.381 e. The zero-order valence-electron chi connectivity index (χ0n) is 16.2. The van der Waals surface area contributed by atoms with Crippen LogP contribution in [0.3, 0.4) is 0 Å². The highest BCUT2D eigenvalue weighted by atomic mass is 32.2. The van der Waals surface area contributed by atoms with E-state index < -0.39 is 10.0 Å². The molecule has 0 bridgehead atoms. The number of benzene rings is 1. The van der Waals surface area contributed by atoms with Crippen LogP contribution in [0, 0.1) is 11.3 Å². The molecule has 1 aromatic carbocycles. The van der Waals surface area contributed by atoms with E-state index in [0.717, 1.165) is 10.4 Å². The molecule has 2 fully saturated rings. The predicted molar refractivity (Wildman–Crippen MR) is 113 cm³/mol. The average Bonchev–Trinajstić information content (AvgIpc) is 3.36. The molecule has 8 heteroatoms. The normalized spacial score (nSPS) is 22.0. The maximum atomic E-state index is 13.1. The van der Waals surface area contributed by atoms with Gasteiger partial charge in [0.15, 0.2) is 0 Å². The van der Waals surface area contributed by atoms with E-state index in [9.17, 15) is 13.2 Å². The molecule has 0 saturated carbocycles. The summed E-state index contributed by atoms with van der Waals surface area (Å²) in [5.41, 5.74) is 0.417. The number of carbonyl (C=O) groups is 1. The average molecular weight is 435 g/mol. The highest BCUT2D eigenvalue weighted by molar-refractivity contribution is 7.88. The summed E-state index contributed by atoms with van der Waals surface area (Å²) in [4.78, 5) is 14.2. The van der Waals surface area contributed by atoms with E-state index in [4.69, 9.17) is 4.74 Å². The summed E-state index contributed by atoms with van der Waals surface area (Å²) in [7, 11) is -3.50. The van der Waals surface area contributed by atoms with E-state index in [2.05, 4.69) is 5.32 Å². The molecule has 1 amide bonds. The van der Waals surface area contributed by atoms with Crippen LogP contribution >= 0.6 is 11.3 Å². The Morgan fingerprint density at radius 1 is 1.17 bits per heavy atom. The lowest BCUT2D eigenvalue weighted by molar-refractivity contribution is -0.130. The monoisotopic (exact) mass is 434 g/mol. The van der Waals surface area contributed by atoms with Gasteiger partial charge in [0.2, 0.25) is 15.9 Å². The third kappa shape index (κ3) is 4.55. The number of carbonyl (C=O) groups excluding carboxylic acids is 1. The zero-order chi connectivity index (χ0) is 20.3. The highest BCUT2D eigenvalue weighted by Crippen LogP contribution is 2.45. The van der Waals surface area contributed by atoms with Crippen LogP contribution in [0.2, 0.25) is 0 Å². The van der Waals surface area contributed by atoms with Crippen LogP contribution in [-0.4, -0.2) is 44.9 Å². The van der Waals surface area contributed by atoms with E-state index in [1.165, 1.54) is 4.31 Å². The Morgan fingerprint density at radius 2 is 1.93 bits per heavy atom. The molecule has 0 radical (unpaired) electrons. The van der Waals surface area contributed by atoms with Crippen molar-refractivity contribution in [3.8, 4) is 0 Å². The summed E-state index contributed by atoms with van der Waals surface area (Å²) in [6.07, 6.45) is 1.42. The molecule has 1 aromatic heterocycles. The van der Waals surface area contributed by atoms with Gasteiger partial charge in [0.25, 0.3) is 0 Å². The number of hydrogen-bond donors (Lipinski definition) is 1. The van der Waals surface area contributed by atoms with Crippen LogP contribution in [0.4, 0.5) is 0 Å². The van der Waals surface area contributed by atoms with Crippen LogP contribution in [0.15, 0.2) is 47.8 Å². The number of amides is 1. The molecule has 156 valence electrons. The summed E-state index contributed by atoms with van der Waals surface area (Å²) < 4.78 is 33.3. The van der Waals surface area contributed by atoms with Crippen molar-refractivity contribution in [2.24, 2.45) is 11.3 Å². The molecule has 2 aromatic rings. The summed E-state index contributed by atoms with van der Waals surface area (Å²) >= 11 is 1.60. The second kappa shape index (κ2) is 8.55. The predicted octanol–water partition coefficient (Wildman–Crippen LogP) is 2.62. The van der Waals surface area contributed by atoms with Crippen LogP contribution in [0.1, 0.15) is 23.3 Å². The number of sulfonamides is 1. The molecular formula is C21H26N2O4S2. The van der Waals surface area contributed by atoms with Gasteiger partial charge >= 0.3 is 0 Å². The fourth-order valence-corrected chi connectivity index (χ4v) is 6.64. The van der Waals surface area contributed by atoms with Gasteiger partial charge in [-0.1, -0.05) is 36.4 Å². The van der Waals surface area contributed by atoms with Gasteiger partial charge in [-0.15, -0.1) is 11.3 Å². The highest BCUT2D eigenvalue weighted by Gasteiger charge is 2.53. The standard InChI is InChI=1S/C21H26N2O4S2/c24-20(22-13-18-7-4-12-28-18)19-14-23(16-21(19)8-10-27-11-9-21)29(25,26)15-17-5-2-1-3-6-17/h1-7,12,19H,8-11,13-16H2,(H,22,24)/t19-/m1/s1. The quantitative estimate of drug-likeness (QED) is 0.758. The Labute approximate surface area is 175 Å². The fourth-order valence-electron chi connectivity index (χ4n) is 4.37. The van der Waals surface area contributed by atoms with Gasteiger partial charge in [0, 0.05) is 36.6 Å². The molecule has 0 aliphatic carbocycles. The lowest BCUT2D eigenvalue weighted by atomic mass is 9.72. The zero-order valence-corrected chi connectivity index (χ0v) is 17.9. The first-order chi connectivity index (χ1) is 14.0. The fraction of sp³-hybridized carbons (Fsp3) is 0.476. The van der Waals surface area contributed by atoms with Crippen molar-refractivity contribution in [1.29, 1.82) is 0 Å². The Balaban J connectivity index is 1.51. The Morgan fingerprint density at radius 3 is 2.62 bits per heavy atom. The Bertz CT molecular complexity index is 923. The molecule has 29 heavy (non-hydrogen) atoms. The van der Waals surface area contributed by atoms with Gasteiger partial charge in [0.05, 0.1) is 18.2 Å².